The van der Waals surface area contributed by atoms with Crippen LogP contribution >= 0.6 is 0 Å². The molecule has 1 aliphatic rings. The van der Waals surface area contributed by atoms with Gasteiger partial charge >= 0.3 is 0 Å². The number of alkyl halides is 3. The zero-order chi connectivity index (χ0) is 27.2. The van der Waals surface area contributed by atoms with E-state index in [-0.39, 0.29) is 31.3 Å². The van der Waals surface area contributed by atoms with Gasteiger partial charge in [-0.25, -0.2) is 22.7 Å². The number of fused-ring (bicyclic) bond motifs is 2. The van der Waals surface area contributed by atoms with E-state index in [1.54, 1.807) is 23.2 Å². The SMILES string of the molecule is [2H]C([2H])([2H])C(=O)N1CC[C@@H](Nc2nc(OC)c3c(-c4ccc5ncn(CCF)c5c4)ccn3n2)C(F)(F)C1. The number of anilines is 1. The molecule has 4 aromatic rings. The van der Waals surface area contributed by atoms with Crippen LogP contribution < -0.4 is 10.1 Å². The zero-order valence-corrected chi connectivity index (χ0v) is 18.7. The number of nitrogens with zero attached hydrogens (tertiary/aromatic N) is 6. The van der Waals surface area contributed by atoms with Gasteiger partial charge in [-0.05, 0) is 30.2 Å². The molecule has 4 heterocycles. The molecule has 0 unspecified atom stereocenters. The number of carbonyl (C=O) groups excluding carboxylic acids is 1. The minimum absolute atomic E-state index is 0.117. The van der Waals surface area contributed by atoms with Crippen LogP contribution in [0.15, 0.2) is 36.8 Å². The fraction of sp³-hybridized carbons (Fsp3) is 0.391. The van der Waals surface area contributed by atoms with Gasteiger partial charge in [0, 0.05) is 29.3 Å². The molecule has 184 valence electrons. The number of likely N-dealkylation sites (tertiary alicyclic amines) is 1. The number of aromatic nitrogens is 5. The van der Waals surface area contributed by atoms with Crippen molar-refractivity contribution in [1.29, 1.82) is 0 Å². The monoisotopic (exact) mass is 490 g/mol. The van der Waals surface area contributed by atoms with Crippen molar-refractivity contribution in [3.05, 3.63) is 36.8 Å². The van der Waals surface area contributed by atoms with Gasteiger partial charge in [-0.1, -0.05) is 6.07 Å². The first-order valence-electron chi connectivity index (χ1n) is 12.4. The lowest BCUT2D eigenvalue weighted by Gasteiger charge is -2.38. The topological polar surface area (TPSA) is 89.6 Å². The summed E-state index contributed by atoms with van der Waals surface area (Å²) in [7, 11) is 1.40. The molecular weight excluding hydrogens is 463 g/mol. The van der Waals surface area contributed by atoms with E-state index >= 15 is 0 Å². The van der Waals surface area contributed by atoms with Crippen LogP contribution in [0.1, 0.15) is 17.4 Å². The van der Waals surface area contributed by atoms with Gasteiger partial charge in [0.2, 0.25) is 17.7 Å². The van der Waals surface area contributed by atoms with Crippen LogP contribution in [0.5, 0.6) is 5.88 Å². The highest BCUT2D eigenvalue weighted by Gasteiger charge is 2.45. The van der Waals surface area contributed by atoms with E-state index < -0.39 is 37.9 Å². The summed E-state index contributed by atoms with van der Waals surface area (Å²) in [6.45, 7) is -4.53. The molecule has 1 amide bonds. The maximum atomic E-state index is 14.9. The lowest BCUT2D eigenvalue weighted by molar-refractivity contribution is -0.140. The Morgan fingerprint density at radius 3 is 2.97 bits per heavy atom. The van der Waals surface area contributed by atoms with Crippen molar-refractivity contribution in [3.8, 4) is 17.0 Å². The number of nitrogens with one attached hydrogen (secondary N) is 1. The molecule has 35 heavy (non-hydrogen) atoms. The van der Waals surface area contributed by atoms with Gasteiger partial charge in [0.15, 0.2) is 0 Å². The molecule has 0 spiro atoms. The quantitative estimate of drug-likeness (QED) is 0.446. The molecule has 1 fully saturated rings. The second kappa shape index (κ2) is 8.75. The van der Waals surface area contributed by atoms with Crippen LogP contribution in [-0.2, 0) is 11.3 Å². The van der Waals surface area contributed by atoms with Gasteiger partial charge in [0.25, 0.3) is 5.92 Å². The molecule has 1 aliphatic heterocycles. The van der Waals surface area contributed by atoms with Crippen LogP contribution in [0.2, 0.25) is 0 Å². The summed E-state index contributed by atoms with van der Waals surface area (Å²) in [6.07, 6.45) is 3.01. The van der Waals surface area contributed by atoms with Gasteiger partial charge in [-0.3, -0.25) is 4.79 Å². The van der Waals surface area contributed by atoms with Crippen LogP contribution in [0.25, 0.3) is 27.7 Å². The van der Waals surface area contributed by atoms with Crippen molar-refractivity contribution < 1.29 is 26.8 Å². The Bertz CT molecular complexity index is 1500. The van der Waals surface area contributed by atoms with Gasteiger partial charge in [-0.2, -0.15) is 4.98 Å². The van der Waals surface area contributed by atoms with Gasteiger partial charge in [0.1, 0.15) is 12.2 Å². The summed E-state index contributed by atoms with van der Waals surface area (Å²) in [5.74, 6) is -4.71. The molecule has 0 aliphatic carbocycles. The third kappa shape index (κ3) is 4.13. The Balaban J connectivity index is 1.43. The Labute approximate surface area is 202 Å². The average molecular weight is 491 g/mol. The van der Waals surface area contributed by atoms with E-state index in [0.29, 0.717) is 21.5 Å². The number of carbonyl (C=O) groups is 1. The highest BCUT2D eigenvalue weighted by Crippen LogP contribution is 2.34. The molecule has 1 atom stereocenters. The number of hydrogen-bond acceptors (Lipinski definition) is 6. The number of ether oxygens (including phenoxy) is 1. The second-order valence-corrected chi connectivity index (χ2v) is 8.27. The molecule has 12 heteroatoms. The highest BCUT2D eigenvalue weighted by atomic mass is 19.3. The molecule has 1 saturated heterocycles. The molecule has 5 rings (SSSR count). The van der Waals surface area contributed by atoms with Crippen molar-refractivity contribution in [1.82, 2.24) is 29.0 Å². The van der Waals surface area contributed by atoms with E-state index in [1.807, 2.05) is 18.2 Å². The number of hydrogen-bond donors (Lipinski definition) is 1. The summed E-state index contributed by atoms with van der Waals surface area (Å²) in [6, 6.07) is 5.88. The smallest absolute Gasteiger partial charge is 0.285 e. The number of methoxy groups -OCH3 is 1. The fourth-order valence-corrected chi connectivity index (χ4v) is 4.37. The number of benzene rings is 1. The van der Waals surface area contributed by atoms with Crippen molar-refractivity contribution in [2.24, 2.45) is 0 Å². The van der Waals surface area contributed by atoms with Gasteiger partial charge < -0.3 is 19.5 Å². The number of rotatable bonds is 6. The Morgan fingerprint density at radius 1 is 1.37 bits per heavy atom. The maximum Gasteiger partial charge on any atom is 0.285 e. The molecule has 1 N–H and O–H groups in total. The van der Waals surface area contributed by atoms with E-state index in [4.69, 9.17) is 8.85 Å². The predicted molar refractivity (Wildman–Crippen MR) is 123 cm³/mol. The van der Waals surface area contributed by atoms with E-state index in [1.165, 1.54) is 11.6 Å². The van der Waals surface area contributed by atoms with Crippen LogP contribution in [-0.4, -0.2) is 73.8 Å². The standard InChI is InChI=1S/C23H24F3N7O2/c1-14(34)31-8-6-19(23(25,26)12-31)28-22-29-21(35-2)20-16(5-9-33(20)30-22)15-3-4-17-18(11-15)32(10-7-24)13-27-17/h3-5,9,11,13,19H,6-8,10,12H2,1-2H3,(H,28,30)/t19-/m1/s1/i1D3. The summed E-state index contributed by atoms with van der Waals surface area (Å²) in [4.78, 5) is 21.2. The van der Waals surface area contributed by atoms with Crippen LogP contribution in [0.4, 0.5) is 19.1 Å². The molecular formula is C23H24F3N7O2. The third-order valence-corrected chi connectivity index (χ3v) is 6.12. The van der Waals surface area contributed by atoms with Crippen LogP contribution in [0.3, 0.4) is 0 Å². The number of halogens is 3. The van der Waals surface area contributed by atoms with Crippen LogP contribution in [0, 0.1) is 0 Å². The normalized spacial score (nSPS) is 19.4. The maximum absolute atomic E-state index is 14.9. The minimum atomic E-state index is -3.43. The first-order chi connectivity index (χ1) is 18.0. The second-order valence-electron chi connectivity index (χ2n) is 8.27. The van der Waals surface area contributed by atoms with E-state index in [2.05, 4.69) is 20.4 Å². The molecule has 3 aromatic heterocycles. The van der Waals surface area contributed by atoms with Gasteiger partial charge in [0.05, 0.1) is 43.6 Å². The summed E-state index contributed by atoms with van der Waals surface area (Å²) in [5, 5.41) is 6.95. The lowest BCUT2D eigenvalue weighted by atomic mass is 10.0. The predicted octanol–water partition coefficient (Wildman–Crippen LogP) is 3.39. The third-order valence-electron chi connectivity index (χ3n) is 6.12. The molecule has 0 saturated carbocycles. The number of piperidine rings is 1. The van der Waals surface area contributed by atoms with E-state index in [0.717, 1.165) is 11.1 Å². The van der Waals surface area contributed by atoms with Crippen molar-refractivity contribution in [3.63, 3.8) is 0 Å². The molecule has 0 radical (unpaired) electrons. The Kier molecular flexibility index (Phi) is 4.87. The van der Waals surface area contributed by atoms with E-state index in [9.17, 15) is 18.0 Å². The Morgan fingerprint density at radius 2 is 2.23 bits per heavy atom. The van der Waals surface area contributed by atoms with Crippen molar-refractivity contribution >= 4 is 28.4 Å². The molecule has 1 aromatic carbocycles. The van der Waals surface area contributed by atoms with Gasteiger partial charge in [-0.15, -0.1) is 5.10 Å². The minimum Gasteiger partial charge on any atom is -0.479 e. The number of imidazole rings is 1. The first-order valence-corrected chi connectivity index (χ1v) is 10.9. The van der Waals surface area contributed by atoms with Crippen molar-refractivity contribution in [2.45, 2.75) is 31.8 Å². The average Bonchev–Trinajstić information content (AvgIpc) is 3.47. The fourth-order valence-electron chi connectivity index (χ4n) is 4.37. The summed E-state index contributed by atoms with van der Waals surface area (Å²) >= 11 is 0. The summed E-state index contributed by atoms with van der Waals surface area (Å²) in [5.41, 5.74) is 3.46. The largest absolute Gasteiger partial charge is 0.479 e. The number of amides is 1. The molecule has 9 nitrogen and oxygen atoms in total. The zero-order valence-electron chi connectivity index (χ0n) is 21.7. The summed E-state index contributed by atoms with van der Waals surface area (Å²) < 4.78 is 73.0. The lowest BCUT2D eigenvalue weighted by Crippen LogP contribution is -2.55. The Hall–Kier alpha value is -3.83. The number of aryl methyl sites for hydroxylation is 1. The van der Waals surface area contributed by atoms with Crippen molar-refractivity contribution in [2.75, 3.05) is 32.2 Å². The molecule has 0 bridgehead atoms. The first kappa shape index (κ1) is 19.5. The highest BCUT2D eigenvalue weighted by molar-refractivity contribution is 5.89.